The van der Waals surface area contributed by atoms with Crippen molar-refractivity contribution in [2.75, 3.05) is 13.1 Å². The SMILES string of the molecule is CC1(C)CN(Cc2cc(F)ccc2F)C(C)(C)CN1. The number of nitrogens with zero attached hydrogens (tertiary/aromatic N) is 1. The molecule has 2 nitrogen and oxygen atoms in total. The largest absolute Gasteiger partial charge is 0.309 e. The molecule has 1 saturated heterocycles. The molecule has 0 unspecified atom stereocenters. The molecule has 0 atom stereocenters. The van der Waals surface area contributed by atoms with Gasteiger partial charge in [-0.05, 0) is 45.9 Å². The molecule has 1 heterocycles. The first-order valence-corrected chi connectivity index (χ1v) is 6.64. The Balaban J connectivity index is 2.22. The Kier molecular flexibility index (Phi) is 3.67. The molecule has 1 fully saturated rings. The summed E-state index contributed by atoms with van der Waals surface area (Å²) in [4.78, 5) is 2.21. The molecule has 106 valence electrons. The van der Waals surface area contributed by atoms with Gasteiger partial charge in [-0.15, -0.1) is 0 Å². The van der Waals surface area contributed by atoms with Gasteiger partial charge >= 0.3 is 0 Å². The van der Waals surface area contributed by atoms with Gasteiger partial charge < -0.3 is 5.32 Å². The highest BCUT2D eigenvalue weighted by Crippen LogP contribution is 2.26. The fraction of sp³-hybridized carbons (Fsp3) is 0.600. The lowest BCUT2D eigenvalue weighted by molar-refractivity contribution is 0.0315. The second kappa shape index (κ2) is 4.84. The van der Waals surface area contributed by atoms with Crippen LogP contribution in [0.1, 0.15) is 33.3 Å². The van der Waals surface area contributed by atoms with E-state index in [-0.39, 0.29) is 22.7 Å². The van der Waals surface area contributed by atoms with Crippen LogP contribution in [0, 0.1) is 11.6 Å². The Labute approximate surface area is 113 Å². The molecule has 1 aromatic carbocycles. The summed E-state index contributed by atoms with van der Waals surface area (Å²) in [5.41, 5.74) is 0.332. The van der Waals surface area contributed by atoms with Gasteiger partial charge in [0.25, 0.3) is 0 Å². The van der Waals surface area contributed by atoms with Crippen LogP contribution >= 0.6 is 0 Å². The zero-order valence-corrected chi connectivity index (χ0v) is 12.1. The standard InChI is InChI=1S/C15H22F2N2/c1-14(2)10-19(15(3,4)9-18-14)8-11-7-12(16)5-6-13(11)17/h5-7,18H,8-10H2,1-4H3. The van der Waals surface area contributed by atoms with Gasteiger partial charge in [0.15, 0.2) is 0 Å². The maximum absolute atomic E-state index is 13.8. The first-order valence-electron chi connectivity index (χ1n) is 6.64. The van der Waals surface area contributed by atoms with Gasteiger partial charge in [0, 0.05) is 36.3 Å². The minimum atomic E-state index is -0.386. The molecule has 0 bridgehead atoms. The Morgan fingerprint density at radius 3 is 2.58 bits per heavy atom. The van der Waals surface area contributed by atoms with Gasteiger partial charge in [0.2, 0.25) is 0 Å². The third-order valence-electron chi connectivity index (χ3n) is 3.81. The molecule has 0 saturated carbocycles. The lowest BCUT2D eigenvalue weighted by Gasteiger charge is -2.49. The monoisotopic (exact) mass is 268 g/mol. The van der Waals surface area contributed by atoms with Crippen molar-refractivity contribution in [3.8, 4) is 0 Å². The normalized spacial score (nSPS) is 22.4. The van der Waals surface area contributed by atoms with Gasteiger partial charge in [0.05, 0.1) is 0 Å². The van der Waals surface area contributed by atoms with E-state index in [9.17, 15) is 8.78 Å². The van der Waals surface area contributed by atoms with Crippen LogP contribution < -0.4 is 5.32 Å². The smallest absolute Gasteiger partial charge is 0.127 e. The summed E-state index contributed by atoms with van der Waals surface area (Å²) in [5.74, 6) is -0.725. The summed E-state index contributed by atoms with van der Waals surface area (Å²) in [6.45, 7) is 10.5. The van der Waals surface area contributed by atoms with Crippen molar-refractivity contribution in [1.29, 1.82) is 0 Å². The molecule has 1 N–H and O–H groups in total. The van der Waals surface area contributed by atoms with Crippen LogP contribution in [0.3, 0.4) is 0 Å². The van der Waals surface area contributed by atoms with E-state index in [1.807, 2.05) is 0 Å². The van der Waals surface area contributed by atoms with Crippen molar-refractivity contribution in [2.24, 2.45) is 0 Å². The summed E-state index contributed by atoms with van der Waals surface area (Å²) >= 11 is 0. The van der Waals surface area contributed by atoms with E-state index in [0.29, 0.717) is 12.1 Å². The molecule has 0 spiro atoms. The zero-order chi connectivity index (χ0) is 14.3. The number of hydrogen-bond donors (Lipinski definition) is 1. The number of nitrogens with one attached hydrogen (secondary N) is 1. The highest BCUT2D eigenvalue weighted by Gasteiger charge is 2.37. The van der Waals surface area contributed by atoms with Crippen molar-refractivity contribution in [3.05, 3.63) is 35.4 Å². The van der Waals surface area contributed by atoms with Crippen LogP contribution in [0.15, 0.2) is 18.2 Å². The predicted octanol–water partition coefficient (Wildman–Crippen LogP) is 2.93. The Bertz CT molecular complexity index is 469. The summed E-state index contributed by atoms with van der Waals surface area (Å²) in [7, 11) is 0. The van der Waals surface area contributed by atoms with Crippen LogP contribution in [-0.2, 0) is 6.54 Å². The molecule has 4 heteroatoms. The highest BCUT2D eigenvalue weighted by molar-refractivity contribution is 5.19. The molecule has 0 aliphatic carbocycles. The van der Waals surface area contributed by atoms with Crippen LogP contribution in [0.5, 0.6) is 0 Å². The zero-order valence-electron chi connectivity index (χ0n) is 12.1. The Hall–Kier alpha value is -1.00. The van der Waals surface area contributed by atoms with E-state index in [1.54, 1.807) is 0 Å². The van der Waals surface area contributed by atoms with E-state index in [2.05, 4.69) is 37.9 Å². The number of benzene rings is 1. The maximum Gasteiger partial charge on any atom is 0.127 e. The van der Waals surface area contributed by atoms with Crippen LogP contribution in [0.4, 0.5) is 8.78 Å². The van der Waals surface area contributed by atoms with Crippen molar-refractivity contribution < 1.29 is 8.78 Å². The molecule has 0 amide bonds. The quantitative estimate of drug-likeness (QED) is 0.887. The van der Waals surface area contributed by atoms with Crippen LogP contribution in [0.25, 0.3) is 0 Å². The predicted molar refractivity (Wildman–Crippen MR) is 72.9 cm³/mol. The Morgan fingerprint density at radius 1 is 1.21 bits per heavy atom. The third kappa shape index (κ3) is 3.31. The van der Waals surface area contributed by atoms with Gasteiger partial charge in [-0.25, -0.2) is 8.78 Å². The average molecular weight is 268 g/mol. The number of hydrogen-bond acceptors (Lipinski definition) is 2. The first-order chi connectivity index (χ1) is 8.70. The minimum absolute atomic E-state index is 0.0146. The lowest BCUT2D eigenvalue weighted by Crippen LogP contribution is -2.65. The van der Waals surface area contributed by atoms with Crippen LogP contribution in [-0.4, -0.2) is 29.1 Å². The Morgan fingerprint density at radius 2 is 1.89 bits per heavy atom. The van der Waals surface area contributed by atoms with E-state index in [4.69, 9.17) is 0 Å². The first kappa shape index (κ1) is 14.4. The van der Waals surface area contributed by atoms with E-state index < -0.39 is 0 Å². The average Bonchev–Trinajstić information content (AvgIpc) is 2.29. The summed E-state index contributed by atoms with van der Waals surface area (Å²) < 4.78 is 27.0. The second-order valence-electron chi connectivity index (χ2n) is 6.64. The molecule has 1 aliphatic rings. The van der Waals surface area contributed by atoms with Crippen molar-refractivity contribution >= 4 is 0 Å². The van der Waals surface area contributed by atoms with E-state index in [1.165, 1.54) is 12.1 Å². The van der Waals surface area contributed by atoms with Gasteiger partial charge in [-0.2, -0.15) is 0 Å². The summed E-state index contributed by atoms with van der Waals surface area (Å²) in [6, 6.07) is 3.65. The number of halogens is 2. The minimum Gasteiger partial charge on any atom is -0.309 e. The van der Waals surface area contributed by atoms with Gasteiger partial charge in [-0.3, -0.25) is 4.90 Å². The molecule has 0 radical (unpaired) electrons. The van der Waals surface area contributed by atoms with E-state index in [0.717, 1.165) is 19.2 Å². The summed E-state index contributed by atoms with van der Waals surface area (Å²) in [5, 5.41) is 3.48. The molecular formula is C15H22F2N2. The van der Waals surface area contributed by atoms with Crippen molar-refractivity contribution in [1.82, 2.24) is 10.2 Å². The van der Waals surface area contributed by atoms with Crippen molar-refractivity contribution in [3.63, 3.8) is 0 Å². The third-order valence-corrected chi connectivity index (χ3v) is 3.81. The van der Waals surface area contributed by atoms with Crippen LogP contribution in [0.2, 0.25) is 0 Å². The molecule has 1 aromatic rings. The number of piperazine rings is 1. The maximum atomic E-state index is 13.8. The molecular weight excluding hydrogens is 246 g/mol. The fourth-order valence-corrected chi connectivity index (χ4v) is 2.45. The molecule has 2 rings (SSSR count). The second-order valence-corrected chi connectivity index (χ2v) is 6.64. The van der Waals surface area contributed by atoms with Gasteiger partial charge in [-0.1, -0.05) is 0 Å². The molecule has 0 aromatic heterocycles. The van der Waals surface area contributed by atoms with Gasteiger partial charge in [0.1, 0.15) is 11.6 Å². The topological polar surface area (TPSA) is 15.3 Å². The summed E-state index contributed by atoms with van der Waals surface area (Å²) in [6.07, 6.45) is 0. The number of rotatable bonds is 2. The highest BCUT2D eigenvalue weighted by atomic mass is 19.1. The molecule has 1 aliphatic heterocycles. The fourth-order valence-electron chi connectivity index (χ4n) is 2.45. The van der Waals surface area contributed by atoms with E-state index >= 15 is 0 Å². The molecule has 19 heavy (non-hydrogen) atoms. The lowest BCUT2D eigenvalue weighted by atomic mass is 9.91. The van der Waals surface area contributed by atoms with Crippen molar-refractivity contribution in [2.45, 2.75) is 45.3 Å².